The standard InChI is InChI=1S/C13H10Cl2FNO2S/c1-8-2-3-9(14)6-13(8)20(18,19)17-10-4-5-12(16)11(15)7-10/h2-7,17H,1H3. The lowest BCUT2D eigenvalue weighted by atomic mass is 10.2. The topological polar surface area (TPSA) is 46.2 Å². The van der Waals surface area contributed by atoms with Crippen molar-refractivity contribution in [3.63, 3.8) is 0 Å². The molecule has 0 atom stereocenters. The van der Waals surface area contributed by atoms with Crippen LogP contribution in [0.25, 0.3) is 0 Å². The van der Waals surface area contributed by atoms with E-state index in [9.17, 15) is 12.8 Å². The first-order chi connectivity index (χ1) is 9.29. The lowest BCUT2D eigenvalue weighted by Crippen LogP contribution is -2.14. The number of anilines is 1. The molecule has 0 aliphatic carbocycles. The van der Waals surface area contributed by atoms with Gasteiger partial charge in [0.1, 0.15) is 5.82 Å². The molecule has 0 aromatic heterocycles. The van der Waals surface area contributed by atoms with Crippen LogP contribution in [0, 0.1) is 12.7 Å². The first-order valence-electron chi connectivity index (χ1n) is 5.53. The van der Waals surface area contributed by atoms with Crippen LogP contribution < -0.4 is 4.72 Å². The van der Waals surface area contributed by atoms with Gasteiger partial charge in [0, 0.05) is 5.02 Å². The minimum absolute atomic E-state index is 0.0606. The number of benzene rings is 2. The van der Waals surface area contributed by atoms with E-state index in [0.29, 0.717) is 10.6 Å². The quantitative estimate of drug-likeness (QED) is 0.912. The predicted molar refractivity (Wildman–Crippen MR) is 78.4 cm³/mol. The normalized spacial score (nSPS) is 11.4. The summed E-state index contributed by atoms with van der Waals surface area (Å²) in [4.78, 5) is 0.0606. The van der Waals surface area contributed by atoms with E-state index in [1.165, 1.54) is 18.2 Å². The van der Waals surface area contributed by atoms with E-state index in [1.54, 1.807) is 19.1 Å². The lowest BCUT2D eigenvalue weighted by Gasteiger charge is -2.11. The second kappa shape index (κ2) is 5.60. The van der Waals surface area contributed by atoms with Crippen LogP contribution in [0.1, 0.15) is 5.56 Å². The average Bonchev–Trinajstić information content (AvgIpc) is 2.36. The minimum atomic E-state index is -3.81. The van der Waals surface area contributed by atoms with Crippen molar-refractivity contribution in [1.82, 2.24) is 0 Å². The van der Waals surface area contributed by atoms with Gasteiger partial charge in [-0.1, -0.05) is 29.3 Å². The van der Waals surface area contributed by atoms with Crippen molar-refractivity contribution in [2.75, 3.05) is 4.72 Å². The Balaban J connectivity index is 2.40. The molecule has 0 saturated heterocycles. The highest BCUT2D eigenvalue weighted by atomic mass is 35.5. The van der Waals surface area contributed by atoms with Gasteiger partial charge in [-0.15, -0.1) is 0 Å². The molecule has 0 aliphatic heterocycles. The van der Waals surface area contributed by atoms with Crippen LogP contribution in [-0.2, 0) is 10.0 Å². The van der Waals surface area contributed by atoms with E-state index in [2.05, 4.69) is 4.72 Å². The second-order valence-electron chi connectivity index (χ2n) is 4.14. The summed E-state index contributed by atoms with van der Waals surface area (Å²) >= 11 is 11.4. The Morgan fingerprint density at radius 1 is 1.10 bits per heavy atom. The molecule has 0 heterocycles. The maximum absolute atomic E-state index is 13.0. The van der Waals surface area contributed by atoms with Crippen LogP contribution >= 0.6 is 23.2 Å². The van der Waals surface area contributed by atoms with Gasteiger partial charge in [-0.05, 0) is 42.8 Å². The molecular weight excluding hydrogens is 324 g/mol. The Labute approximate surface area is 126 Å². The van der Waals surface area contributed by atoms with Crippen LogP contribution in [0.15, 0.2) is 41.3 Å². The van der Waals surface area contributed by atoms with Crippen LogP contribution in [0.5, 0.6) is 0 Å². The Morgan fingerprint density at radius 3 is 2.45 bits per heavy atom. The molecule has 0 unspecified atom stereocenters. The third-order valence-corrected chi connectivity index (χ3v) is 4.66. The molecule has 0 spiro atoms. The number of nitrogens with one attached hydrogen (secondary N) is 1. The summed E-state index contributed by atoms with van der Waals surface area (Å²) < 4.78 is 39.9. The number of hydrogen-bond acceptors (Lipinski definition) is 2. The van der Waals surface area contributed by atoms with Gasteiger partial charge in [0.15, 0.2) is 0 Å². The maximum atomic E-state index is 13.0. The first-order valence-corrected chi connectivity index (χ1v) is 7.77. The number of halogens is 3. The lowest BCUT2D eigenvalue weighted by molar-refractivity contribution is 0.600. The second-order valence-corrected chi connectivity index (χ2v) is 6.64. The van der Waals surface area contributed by atoms with E-state index >= 15 is 0 Å². The van der Waals surface area contributed by atoms with Gasteiger partial charge in [-0.3, -0.25) is 4.72 Å². The minimum Gasteiger partial charge on any atom is -0.280 e. The Hall–Kier alpha value is -1.30. The molecule has 3 nitrogen and oxygen atoms in total. The smallest absolute Gasteiger partial charge is 0.262 e. The molecular formula is C13H10Cl2FNO2S. The summed E-state index contributed by atoms with van der Waals surface area (Å²) in [5, 5.41) is 0.154. The monoisotopic (exact) mass is 333 g/mol. The van der Waals surface area contributed by atoms with Crippen LogP contribution in [0.3, 0.4) is 0 Å². The Bertz CT molecular complexity index is 763. The van der Waals surface area contributed by atoms with Gasteiger partial charge < -0.3 is 0 Å². The highest BCUT2D eigenvalue weighted by molar-refractivity contribution is 7.92. The van der Waals surface area contributed by atoms with Crippen molar-refractivity contribution in [3.8, 4) is 0 Å². The number of aryl methyl sites for hydroxylation is 1. The molecule has 2 aromatic carbocycles. The molecule has 0 amide bonds. The third-order valence-electron chi connectivity index (χ3n) is 2.61. The van der Waals surface area contributed by atoms with Crippen molar-refractivity contribution in [2.24, 2.45) is 0 Å². The van der Waals surface area contributed by atoms with Gasteiger partial charge in [0.05, 0.1) is 15.6 Å². The molecule has 2 rings (SSSR count). The highest BCUT2D eigenvalue weighted by Gasteiger charge is 2.18. The zero-order valence-corrected chi connectivity index (χ0v) is 12.7. The first kappa shape index (κ1) is 15.1. The van der Waals surface area contributed by atoms with Crippen molar-refractivity contribution >= 4 is 38.9 Å². The Morgan fingerprint density at radius 2 is 1.80 bits per heavy atom. The van der Waals surface area contributed by atoms with Crippen LogP contribution in [-0.4, -0.2) is 8.42 Å². The van der Waals surface area contributed by atoms with Crippen molar-refractivity contribution < 1.29 is 12.8 Å². The molecule has 0 bridgehead atoms. The summed E-state index contributed by atoms with van der Waals surface area (Å²) in [5.74, 6) is -0.617. The average molecular weight is 334 g/mol. The number of hydrogen-bond donors (Lipinski definition) is 1. The predicted octanol–water partition coefficient (Wildman–Crippen LogP) is 4.24. The van der Waals surface area contributed by atoms with E-state index in [4.69, 9.17) is 23.2 Å². The van der Waals surface area contributed by atoms with Crippen molar-refractivity contribution in [3.05, 3.63) is 57.8 Å². The zero-order valence-electron chi connectivity index (χ0n) is 10.3. The van der Waals surface area contributed by atoms with Gasteiger partial charge in [0.25, 0.3) is 10.0 Å². The van der Waals surface area contributed by atoms with Gasteiger partial charge in [-0.2, -0.15) is 0 Å². The van der Waals surface area contributed by atoms with Crippen LogP contribution in [0.2, 0.25) is 10.0 Å². The van der Waals surface area contributed by atoms with Gasteiger partial charge in [-0.25, -0.2) is 12.8 Å². The van der Waals surface area contributed by atoms with E-state index in [0.717, 1.165) is 6.07 Å². The van der Waals surface area contributed by atoms with E-state index < -0.39 is 15.8 Å². The van der Waals surface area contributed by atoms with E-state index in [-0.39, 0.29) is 15.6 Å². The SMILES string of the molecule is Cc1ccc(Cl)cc1S(=O)(=O)Nc1ccc(F)c(Cl)c1. The fourth-order valence-corrected chi connectivity index (χ4v) is 3.37. The molecule has 0 saturated carbocycles. The summed E-state index contributed by atoms with van der Waals surface area (Å²) in [7, 11) is -3.81. The van der Waals surface area contributed by atoms with E-state index in [1.807, 2.05) is 0 Å². The molecule has 0 radical (unpaired) electrons. The fourth-order valence-electron chi connectivity index (χ4n) is 1.63. The molecule has 7 heteroatoms. The molecule has 0 aliphatic rings. The molecule has 106 valence electrons. The molecule has 0 fully saturated rings. The summed E-state index contributed by atoms with van der Waals surface area (Å²) in [6.45, 7) is 1.66. The Kier molecular flexibility index (Phi) is 4.22. The molecule has 1 N–H and O–H groups in total. The summed E-state index contributed by atoms with van der Waals surface area (Å²) in [5.41, 5.74) is 0.728. The van der Waals surface area contributed by atoms with Gasteiger partial charge >= 0.3 is 0 Å². The molecule has 20 heavy (non-hydrogen) atoms. The number of rotatable bonds is 3. The van der Waals surface area contributed by atoms with Crippen LogP contribution in [0.4, 0.5) is 10.1 Å². The molecule has 2 aromatic rings. The third kappa shape index (κ3) is 3.23. The zero-order chi connectivity index (χ0) is 14.9. The summed E-state index contributed by atoms with van der Waals surface area (Å²) in [6.07, 6.45) is 0. The van der Waals surface area contributed by atoms with Gasteiger partial charge in [0.2, 0.25) is 0 Å². The maximum Gasteiger partial charge on any atom is 0.262 e. The van der Waals surface area contributed by atoms with Crippen molar-refractivity contribution in [1.29, 1.82) is 0 Å². The largest absolute Gasteiger partial charge is 0.280 e. The fraction of sp³-hybridized carbons (Fsp3) is 0.0769. The highest BCUT2D eigenvalue weighted by Crippen LogP contribution is 2.25. The number of sulfonamides is 1. The summed E-state index contributed by atoms with van der Waals surface area (Å²) in [6, 6.07) is 8.14. The van der Waals surface area contributed by atoms with Crippen molar-refractivity contribution in [2.45, 2.75) is 11.8 Å².